The highest BCUT2D eigenvalue weighted by atomic mass is 16.2. The molecule has 0 radical (unpaired) electrons. The van der Waals surface area contributed by atoms with Crippen LogP contribution >= 0.6 is 0 Å². The first-order chi connectivity index (χ1) is 15.2. The number of aromatic nitrogens is 3. The van der Waals surface area contributed by atoms with E-state index in [9.17, 15) is 14.4 Å². The predicted molar refractivity (Wildman–Crippen MR) is 117 cm³/mol. The molecule has 32 heavy (non-hydrogen) atoms. The monoisotopic (exact) mass is 438 g/mol. The summed E-state index contributed by atoms with van der Waals surface area (Å²) >= 11 is 0. The number of nitrogens with zero attached hydrogens (tertiary/aromatic N) is 4. The molecule has 170 valence electrons. The van der Waals surface area contributed by atoms with Gasteiger partial charge in [0.05, 0.1) is 11.7 Å². The Labute approximate surface area is 186 Å². The Kier molecular flexibility index (Phi) is 4.94. The van der Waals surface area contributed by atoms with Gasteiger partial charge in [-0.1, -0.05) is 20.3 Å². The van der Waals surface area contributed by atoms with Gasteiger partial charge < -0.3 is 16.0 Å². The molecule has 3 N–H and O–H groups in total. The Bertz CT molecular complexity index is 1090. The SMILES string of the molecule is CC1(C)CCCC(NC(=O)[C@@H]2[C@@H]3C[C@@H]3CN2C(=O)Cn2nc(C(N)=O)c3ccncc32)C1. The second kappa shape index (κ2) is 7.56. The molecule has 2 saturated carbocycles. The molecule has 3 aliphatic rings. The van der Waals surface area contributed by atoms with Crippen molar-refractivity contribution in [3.05, 3.63) is 24.2 Å². The van der Waals surface area contributed by atoms with E-state index in [0.29, 0.717) is 23.4 Å². The average Bonchev–Trinajstić information content (AvgIpc) is 3.23. The summed E-state index contributed by atoms with van der Waals surface area (Å²) in [6, 6.07) is 1.41. The van der Waals surface area contributed by atoms with Gasteiger partial charge in [-0.05, 0) is 49.0 Å². The van der Waals surface area contributed by atoms with Gasteiger partial charge in [0.15, 0.2) is 5.69 Å². The van der Waals surface area contributed by atoms with Gasteiger partial charge in [0, 0.05) is 24.2 Å². The summed E-state index contributed by atoms with van der Waals surface area (Å²) < 4.78 is 1.47. The predicted octanol–water partition coefficient (Wildman–Crippen LogP) is 1.46. The minimum atomic E-state index is -0.650. The molecule has 0 spiro atoms. The largest absolute Gasteiger partial charge is 0.364 e. The van der Waals surface area contributed by atoms with Gasteiger partial charge in [0.1, 0.15) is 12.6 Å². The van der Waals surface area contributed by atoms with Gasteiger partial charge in [0.2, 0.25) is 11.8 Å². The van der Waals surface area contributed by atoms with Crippen molar-refractivity contribution in [2.45, 2.75) is 64.6 Å². The molecular weight excluding hydrogens is 408 g/mol. The number of hydrogen-bond acceptors (Lipinski definition) is 5. The van der Waals surface area contributed by atoms with Crippen LogP contribution < -0.4 is 11.1 Å². The van der Waals surface area contributed by atoms with Crippen LogP contribution in [-0.2, 0) is 16.1 Å². The number of hydrogen-bond donors (Lipinski definition) is 2. The fourth-order valence-corrected chi connectivity index (χ4v) is 5.71. The Morgan fingerprint density at radius 1 is 1.31 bits per heavy atom. The fraction of sp³-hybridized carbons (Fsp3) is 0.609. The van der Waals surface area contributed by atoms with Crippen molar-refractivity contribution < 1.29 is 14.4 Å². The molecule has 3 fully saturated rings. The van der Waals surface area contributed by atoms with Gasteiger partial charge in [-0.25, -0.2) is 0 Å². The van der Waals surface area contributed by atoms with Crippen LogP contribution in [0.25, 0.3) is 10.9 Å². The van der Waals surface area contributed by atoms with Crippen LogP contribution in [0.5, 0.6) is 0 Å². The van der Waals surface area contributed by atoms with Crippen LogP contribution in [0.3, 0.4) is 0 Å². The van der Waals surface area contributed by atoms with Crippen molar-refractivity contribution >= 4 is 28.6 Å². The number of carbonyl (C=O) groups excluding carboxylic acids is 3. The molecular formula is C23H30N6O3. The average molecular weight is 439 g/mol. The molecule has 2 aliphatic carbocycles. The lowest BCUT2D eigenvalue weighted by molar-refractivity contribution is -0.140. The van der Waals surface area contributed by atoms with Crippen LogP contribution in [0.2, 0.25) is 0 Å². The smallest absolute Gasteiger partial charge is 0.269 e. The minimum absolute atomic E-state index is 0.0316. The van der Waals surface area contributed by atoms with Crippen LogP contribution in [0.4, 0.5) is 0 Å². The van der Waals surface area contributed by atoms with Crippen LogP contribution in [0, 0.1) is 17.3 Å². The normalized spacial score (nSPS) is 28.4. The van der Waals surface area contributed by atoms with E-state index in [1.807, 2.05) is 0 Å². The Hall–Kier alpha value is -2.97. The molecule has 1 saturated heterocycles. The molecule has 1 aliphatic heterocycles. The number of amides is 3. The van der Waals surface area contributed by atoms with Gasteiger partial charge in [-0.15, -0.1) is 0 Å². The van der Waals surface area contributed by atoms with Gasteiger partial charge in [-0.2, -0.15) is 5.10 Å². The molecule has 9 heteroatoms. The van der Waals surface area contributed by atoms with E-state index < -0.39 is 11.9 Å². The number of primary amides is 1. The second-order valence-electron chi connectivity index (χ2n) is 10.4. The number of pyridine rings is 1. The lowest BCUT2D eigenvalue weighted by Gasteiger charge is -2.37. The summed E-state index contributed by atoms with van der Waals surface area (Å²) in [5, 5.41) is 8.08. The summed E-state index contributed by atoms with van der Waals surface area (Å²) in [4.78, 5) is 44.1. The molecule has 5 rings (SSSR count). The lowest BCUT2D eigenvalue weighted by atomic mass is 9.75. The van der Waals surface area contributed by atoms with Crippen molar-refractivity contribution in [2.75, 3.05) is 6.54 Å². The highest BCUT2D eigenvalue weighted by molar-refractivity contribution is 6.04. The van der Waals surface area contributed by atoms with E-state index in [2.05, 4.69) is 29.2 Å². The summed E-state index contributed by atoms with van der Waals surface area (Å²) in [5.41, 5.74) is 6.38. The minimum Gasteiger partial charge on any atom is -0.364 e. The summed E-state index contributed by atoms with van der Waals surface area (Å²) in [6.45, 7) is 5.03. The first kappa shape index (κ1) is 20.9. The highest BCUT2D eigenvalue weighted by Gasteiger charge is 2.57. The molecule has 9 nitrogen and oxygen atoms in total. The Balaban J connectivity index is 1.32. The number of fused-ring (bicyclic) bond motifs is 2. The fourth-order valence-electron chi connectivity index (χ4n) is 5.71. The molecule has 0 aromatic carbocycles. The number of likely N-dealkylation sites (tertiary alicyclic amines) is 1. The van der Waals surface area contributed by atoms with Crippen LogP contribution in [0.1, 0.15) is 56.4 Å². The van der Waals surface area contributed by atoms with E-state index in [4.69, 9.17) is 5.73 Å². The molecule has 2 aromatic heterocycles. The van der Waals surface area contributed by atoms with Crippen molar-refractivity contribution in [1.82, 2.24) is 25.0 Å². The van der Waals surface area contributed by atoms with Crippen molar-refractivity contribution in [3.8, 4) is 0 Å². The summed E-state index contributed by atoms with van der Waals surface area (Å²) in [5.74, 6) is -0.216. The quantitative estimate of drug-likeness (QED) is 0.732. The maximum Gasteiger partial charge on any atom is 0.269 e. The van der Waals surface area contributed by atoms with Gasteiger partial charge in [0.25, 0.3) is 5.91 Å². The molecule has 3 amide bonds. The Morgan fingerprint density at radius 3 is 2.88 bits per heavy atom. The van der Waals surface area contributed by atoms with E-state index in [1.54, 1.807) is 23.4 Å². The molecule has 4 atom stereocenters. The maximum absolute atomic E-state index is 13.3. The number of carbonyl (C=O) groups is 3. The molecule has 0 bridgehead atoms. The third-order valence-corrected chi connectivity index (χ3v) is 7.36. The molecule has 3 heterocycles. The van der Waals surface area contributed by atoms with E-state index in [1.165, 1.54) is 11.1 Å². The summed E-state index contributed by atoms with van der Waals surface area (Å²) in [7, 11) is 0. The standard InChI is InChI=1S/C23H30N6O3/c1-23(2)6-3-4-14(9-23)26-22(32)20-16-8-13(16)11-28(20)18(30)12-29-17-10-25-7-5-15(17)19(27-29)21(24)31/h5,7,10,13-14,16,20H,3-4,6,8-9,11-12H2,1-2H3,(H2,24,31)(H,26,32)/t13-,14?,16-,20+/m1/s1. The molecule has 2 aromatic rings. The zero-order valence-electron chi connectivity index (χ0n) is 18.6. The zero-order chi connectivity index (χ0) is 22.6. The third-order valence-electron chi connectivity index (χ3n) is 7.36. The highest BCUT2D eigenvalue weighted by Crippen LogP contribution is 2.50. The van der Waals surface area contributed by atoms with Gasteiger partial charge in [-0.3, -0.25) is 24.0 Å². The maximum atomic E-state index is 13.3. The van der Waals surface area contributed by atoms with Crippen molar-refractivity contribution in [2.24, 2.45) is 23.0 Å². The van der Waals surface area contributed by atoms with Crippen molar-refractivity contribution in [3.63, 3.8) is 0 Å². The van der Waals surface area contributed by atoms with E-state index >= 15 is 0 Å². The van der Waals surface area contributed by atoms with Crippen LogP contribution in [-0.4, -0.2) is 56.0 Å². The first-order valence-electron chi connectivity index (χ1n) is 11.4. The molecule has 1 unspecified atom stereocenters. The van der Waals surface area contributed by atoms with Crippen molar-refractivity contribution in [1.29, 1.82) is 0 Å². The zero-order valence-corrected chi connectivity index (χ0v) is 18.6. The first-order valence-corrected chi connectivity index (χ1v) is 11.4. The second-order valence-corrected chi connectivity index (χ2v) is 10.4. The Morgan fingerprint density at radius 2 is 2.12 bits per heavy atom. The van der Waals surface area contributed by atoms with Gasteiger partial charge >= 0.3 is 0 Å². The number of nitrogens with two attached hydrogens (primary N) is 1. The lowest BCUT2D eigenvalue weighted by Crippen LogP contribution is -2.52. The third kappa shape index (κ3) is 3.73. The van der Waals surface area contributed by atoms with E-state index in [-0.39, 0.29) is 41.4 Å². The van der Waals surface area contributed by atoms with Crippen LogP contribution in [0.15, 0.2) is 18.5 Å². The van der Waals surface area contributed by atoms with E-state index in [0.717, 1.165) is 25.7 Å². The number of rotatable bonds is 5. The topological polar surface area (TPSA) is 123 Å². The summed E-state index contributed by atoms with van der Waals surface area (Å²) in [6.07, 6.45) is 8.38. The number of piperidine rings is 1. The number of nitrogens with one attached hydrogen (secondary N) is 1.